The number of fused-ring (bicyclic) bond motifs is 1. The van der Waals surface area contributed by atoms with Crippen LogP contribution in [0.4, 0.5) is 0 Å². The van der Waals surface area contributed by atoms with Gasteiger partial charge in [-0.05, 0) is 25.0 Å². The van der Waals surface area contributed by atoms with Crippen molar-refractivity contribution < 1.29 is 28.5 Å². The summed E-state index contributed by atoms with van der Waals surface area (Å²) in [7, 11) is 3.53. The molecule has 0 bridgehead atoms. The van der Waals surface area contributed by atoms with Gasteiger partial charge < -0.3 is 23.8 Å². The van der Waals surface area contributed by atoms with Gasteiger partial charge in [-0.25, -0.2) is 9.59 Å². The lowest BCUT2D eigenvalue weighted by Crippen LogP contribution is -2.45. The Morgan fingerprint density at radius 1 is 1.17 bits per heavy atom. The number of nitrogens with zero attached hydrogens (tertiary/aromatic N) is 1. The fourth-order valence-electron chi connectivity index (χ4n) is 4.25. The highest BCUT2D eigenvalue weighted by Crippen LogP contribution is 2.40. The number of allylic oxidation sites excluding steroid dienone is 2. The van der Waals surface area contributed by atoms with E-state index in [1.807, 2.05) is 30.2 Å². The summed E-state index contributed by atoms with van der Waals surface area (Å²) in [5.41, 5.74) is 1.78. The van der Waals surface area contributed by atoms with Crippen LogP contribution in [0.15, 0.2) is 47.9 Å². The second-order valence-electron chi connectivity index (χ2n) is 7.89. The first-order valence-corrected chi connectivity index (χ1v) is 10.4. The van der Waals surface area contributed by atoms with Gasteiger partial charge in [0.25, 0.3) is 0 Å². The summed E-state index contributed by atoms with van der Waals surface area (Å²) in [6, 6.07) is 0. The van der Waals surface area contributed by atoms with E-state index >= 15 is 0 Å². The zero-order chi connectivity index (χ0) is 21.8. The standard InChI is InChI=1S/C23H31NO6/c1-6-28-21(26)13-29-19-11-16(9-10-18(19)27-5)24(4)17-12-20(25)30-23-15(3)8-7-14(2)22(17)23/h7-12,14-15,18-19,22-23H,6,13H2,1-5H3. The molecule has 3 rings (SSSR count). The quantitative estimate of drug-likeness (QED) is 0.466. The molecule has 0 saturated carbocycles. The molecular weight excluding hydrogens is 386 g/mol. The average Bonchev–Trinajstić information content (AvgIpc) is 2.73. The maximum atomic E-state index is 12.3. The summed E-state index contributed by atoms with van der Waals surface area (Å²) in [5, 5.41) is 0. The number of carbonyl (C=O) groups is 2. The Bertz CT molecular complexity index is 783. The van der Waals surface area contributed by atoms with Gasteiger partial charge in [0.15, 0.2) is 0 Å². The molecule has 2 aliphatic carbocycles. The fourth-order valence-corrected chi connectivity index (χ4v) is 4.25. The van der Waals surface area contributed by atoms with Gasteiger partial charge in [-0.1, -0.05) is 32.1 Å². The summed E-state index contributed by atoms with van der Waals surface area (Å²) in [5.74, 6) is -0.272. The molecule has 0 radical (unpaired) electrons. The third-order valence-electron chi connectivity index (χ3n) is 5.88. The molecule has 0 aromatic heterocycles. The van der Waals surface area contributed by atoms with Crippen molar-refractivity contribution in [1.82, 2.24) is 4.90 Å². The molecule has 7 nitrogen and oxygen atoms in total. The number of likely N-dealkylation sites (N-methyl/N-ethyl adjacent to an activating group) is 1. The number of ether oxygens (including phenoxy) is 4. The van der Waals surface area contributed by atoms with Crippen LogP contribution in [0.2, 0.25) is 0 Å². The van der Waals surface area contributed by atoms with E-state index in [4.69, 9.17) is 18.9 Å². The minimum atomic E-state index is -0.448. The van der Waals surface area contributed by atoms with Crippen LogP contribution in [0, 0.1) is 17.8 Å². The van der Waals surface area contributed by atoms with Gasteiger partial charge in [-0.15, -0.1) is 0 Å². The summed E-state index contributed by atoms with van der Waals surface area (Å²) in [6.45, 7) is 6.11. The van der Waals surface area contributed by atoms with Gasteiger partial charge in [0.2, 0.25) is 0 Å². The van der Waals surface area contributed by atoms with E-state index in [2.05, 4.69) is 26.0 Å². The first kappa shape index (κ1) is 22.3. The number of carbonyl (C=O) groups excluding carboxylic acids is 2. The largest absolute Gasteiger partial charge is 0.464 e. The molecule has 7 heteroatoms. The van der Waals surface area contributed by atoms with E-state index in [0.717, 1.165) is 11.4 Å². The third-order valence-corrected chi connectivity index (χ3v) is 5.88. The molecule has 164 valence electrons. The molecule has 3 aliphatic rings. The van der Waals surface area contributed by atoms with Crippen molar-refractivity contribution in [3.63, 3.8) is 0 Å². The predicted molar refractivity (Wildman–Crippen MR) is 111 cm³/mol. The molecule has 0 saturated heterocycles. The smallest absolute Gasteiger partial charge is 0.332 e. The molecular formula is C23H31NO6. The van der Waals surface area contributed by atoms with Gasteiger partial charge in [-0.2, -0.15) is 0 Å². The number of esters is 2. The Morgan fingerprint density at radius 2 is 1.90 bits per heavy atom. The predicted octanol–water partition coefficient (Wildman–Crippen LogP) is 2.60. The van der Waals surface area contributed by atoms with Crippen LogP contribution >= 0.6 is 0 Å². The lowest BCUT2D eigenvalue weighted by Gasteiger charge is -2.43. The Morgan fingerprint density at radius 3 is 2.60 bits per heavy atom. The third kappa shape index (κ3) is 4.68. The van der Waals surface area contributed by atoms with Gasteiger partial charge in [0, 0.05) is 43.5 Å². The van der Waals surface area contributed by atoms with Crippen LogP contribution in [0.3, 0.4) is 0 Å². The van der Waals surface area contributed by atoms with Crippen LogP contribution in [0.1, 0.15) is 20.8 Å². The minimum absolute atomic E-state index is 0.0704. The second kappa shape index (κ2) is 9.62. The summed E-state index contributed by atoms with van der Waals surface area (Å²) in [4.78, 5) is 26.0. The second-order valence-corrected chi connectivity index (χ2v) is 7.89. The topological polar surface area (TPSA) is 74.3 Å². The number of methoxy groups -OCH3 is 1. The lowest BCUT2D eigenvalue weighted by atomic mass is 9.74. The molecule has 0 aromatic rings. The molecule has 0 fully saturated rings. The molecule has 6 unspecified atom stereocenters. The van der Waals surface area contributed by atoms with Gasteiger partial charge >= 0.3 is 11.9 Å². The molecule has 0 amide bonds. The minimum Gasteiger partial charge on any atom is -0.464 e. The van der Waals surface area contributed by atoms with Crippen LogP contribution in [-0.2, 0) is 28.5 Å². The van der Waals surface area contributed by atoms with Crippen LogP contribution < -0.4 is 0 Å². The zero-order valence-electron chi connectivity index (χ0n) is 18.2. The molecule has 0 spiro atoms. The lowest BCUT2D eigenvalue weighted by molar-refractivity contribution is -0.152. The highest BCUT2D eigenvalue weighted by Gasteiger charge is 2.42. The number of hydrogen-bond donors (Lipinski definition) is 0. The van der Waals surface area contributed by atoms with E-state index in [0.29, 0.717) is 6.61 Å². The Balaban J connectivity index is 1.82. The Kier molecular flexibility index (Phi) is 7.15. The van der Waals surface area contributed by atoms with Gasteiger partial charge in [-0.3, -0.25) is 0 Å². The van der Waals surface area contributed by atoms with Crippen LogP contribution in [0.5, 0.6) is 0 Å². The van der Waals surface area contributed by atoms with Crippen molar-refractivity contribution >= 4 is 11.9 Å². The van der Waals surface area contributed by atoms with E-state index in [9.17, 15) is 9.59 Å². The van der Waals surface area contributed by atoms with E-state index in [-0.39, 0.29) is 42.5 Å². The maximum absolute atomic E-state index is 12.3. The summed E-state index contributed by atoms with van der Waals surface area (Å²) in [6.07, 6.45) is 10.7. The monoisotopic (exact) mass is 417 g/mol. The van der Waals surface area contributed by atoms with E-state index in [1.165, 1.54) is 0 Å². The summed E-state index contributed by atoms with van der Waals surface area (Å²) < 4.78 is 21.8. The molecule has 1 aliphatic heterocycles. The highest BCUT2D eigenvalue weighted by atomic mass is 16.6. The van der Waals surface area contributed by atoms with Crippen molar-refractivity contribution in [2.24, 2.45) is 17.8 Å². The summed E-state index contributed by atoms with van der Waals surface area (Å²) >= 11 is 0. The maximum Gasteiger partial charge on any atom is 0.332 e. The number of hydrogen-bond acceptors (Lipinski definition) is 7. The SMILES string of the molecule is CCOC(=O)COC1C=C(N(C)C2=CC(=O)OC3C(C)C=CC(C)C23)C=CC1OC. The molecule has 0 N–H and O–H groups in total. The van der Waals surface area contributed by atoms with E-state index < -0.39 is 12.1 Å². The van der Waals surface area contributed by atoms with Gasteiger partial charge in [0.1, 0.15) is 24.9 Å². The van der Waals surface area contributed by atoms with Crippen molar-refractivity contribution in [3.05, 3.63) is 47.9 Å². The average molecular weight is 418 g/mol. The van der Waals surface area contributed by atoms with Crippen molar-refractivity contribution in [2.75, 3.05) is 27.4 Å². The highest BCUT2D eigenvalue weighted by molar-refractivity contribution is 5.84. The molecule has 1 heterocycles. The Labute approximate surface area is 178 Å². The van der Waals surface area contributed by atoms with Crippen LogP contribution in [0.25, 0.3) is 0 Å². The number of rotatable bonds is 7. The fraction of sp³-hybridized carbons (Fsp3) is 0.565. The van der Waals surface area contributed by atoms with Gasteiger partial charge in [0.05, 0.1) is 6.61 Å². The molecule has 6 atom stereocenters. The van der Waals surface area contributed by atoms with Crippen molar-refractivity contribution in [1.29, 1.82) is 0 Å². The molecule has 30 heavy (non-hydrogen) atoms. The Hall–Kier alpha value is -2.38. The van der Waals surface area contributed by atoms with Crippen molar-refractivity contribution in [2.45, 2.75) is 39.1 Å². The first-order chi connectivity index (χ1) is 14.3. The normalized spacial score (nSPS) is 32.6. The van der Waals surface area contributed by atoms with Crippen molar-refractivity contribution in [3.8, 4) is 0 Å². The molecule has 0 aromatic carbocycles. The van der Waals surface area contributed by atoms with E-state index in [1.54, 1.807) is 20.1 Å². The first-order valence-electron chi connectivity index (χ1n) is 10.4. The zero-order valence-corrected chi connectivity index (χ0v) is 18.2. The van der Waals surface area contributed by atoms with Crippen LogP contribution in [-0.4, -0.2) is 62.5 Å².